The summed E-state index contributed by atoms with van der Waals surface area (Å²) in [5, 5.41) is 2.85. The zero-order valence-electron chi connectivity index (χ0n) is 17.4. The van der Waals surface area contributed by atoms with E-state index in [1.807, 2.05) is 32.0 Å². The molecular weight excluding hydrogens is 404 g/mol. The Kier molecular flexibility index (Phi) is 7.47. The number of nitrogens with one attached hydrogen (secondary N) is 1. The number of carbonyl (C=O) groups is 1. The summed E-state index contributed by atoms with van der Waals surface area (Å²) in [7, 11) is -3.51. The van der Waals surface area contributed by atoms with Gasteiger partial charge in [0.05, 0.1) is 31.1 Å². The normalized spacial score (nSPS) is 15.0. The van der Waals surface area contributed by atoms with Crippen LogP contribution >= 0.6 is 0 Å². The highest BCUT2D eigenvalue weighted by Crippen LogP contribution is 2.20. The van der Waals surface area contributed by atoms with Gasteiger partial charge in [-0.2, -0.15) is 4.31 Å². The second kappa shape index (κ2) is 10.1. The van der Waals surface area contributed by atoms with Crippen LogP contribution in [0.25, 0.3) is 0 Å². The molecule has 162 valence electrons. The minimum Gasteiger partial charge on any atom is -0.492 e. The SMILES string of the molecule is Cc1ccc(C)c(CC(=O)NCCOc2ccc(S(=O)(=O)N3CCOCC3)cc2)c1. The van der Waals surface area contributed by atoms with E-state index in [0.29, 0.717) is 51.6 Å². The molecule has 0 aromatic heterocycles. The molecule has 0 saturated carbocycles. The van der Waals surface area contributed by atoms with Crippen molar-refractivity contribution in [3.05, 3.63) is 59.2 Å². The maximum Gasteiger partial charge on any atom is 0.243 e. The van der Waals surface area contributed by atoms with E-state index in [1.54, 1.807) is 24.3 Å². The lowest BCUT2D eigenvalue weighted by Gasteiger charge is -2.26. The average Bonchev–Trinajstić information content (AvgIpc) is 2.75. The molecule has 2 aromatic rings. The maximum absolute atomic E-state index is 12.6. The molecule has 1 aliphatic heterocycles. The second-order valence-corrected chi connectivity index (χ2v) is 9.23. The summed E-state index contributed by atoms with van der Waals surface area (Å²) in [4.78, 5) is 12.4. The number of aryl methyl sites for hydroxylation is 2. The summed E-state index contributed by atoms with van der Waals surface area (Å²) in [5.74, 6) is 0.499. The number of amides is 1. The second-order valence-electron chi connectivity index (χ2n) is 7.29. The fourth-order valence-corrected chi connectivity index (χ4v) is 4.64. The van der Waals surface area contributed by atoms with Crippen LogP contribution in [0, 0.1) is 13.8 Å². The Morgan fingerprint density at radius 1 is 1.10 bits per heavy atom. The molecule has 1 N–H and O–H groups in total. The van der Waals surface area contributed by atoms with E-state index >= 15 is 0 Å². The van der Waals surface area contributed by atoms with Crippen LogP contribution in [0.2, 0.25) is 0 Å². The van der Waals surface area contributed by atoms with Gasteiger partial charge in [-0.25, -0.2) is 8.42 Å². The Morgan fingerprint density at radius 2 is 1.80 bits per heavy atom. The average molecular weight is 433 g/mol. The number of hydrogen-bond acceptors (Lipinski definition) is 5. The van der Waals surface area contributed by atoms with Crippen LogP contribution in [-0.2, 0) is 26.0 Å². The zero-order valence-corrected chi connectivity index (χ0v) is 18.2. The molecule has 2 aromatic carbocycles. The molecule has 0 aliphatic carbocycles. The van der Waals surface area contributed by atoms with Crippen LogP contribution in [0.5, 0.6) is 5.75 Å². The quantitative estimate of drug-likeness (QED) is 0.646. The van der Waals surface area contributed by atoms with Gasteiger partial charge in [0, 0.05) is 13.1 Å². The van der Waals surface area contributed by atoms with Crippen molar-refractivity contribution in [3.63, 3.8) is 0 Å². The largest absolute Gasteiger partial charge is 0.492 e. The van der Waals surface area contributed by atoms with Crippen molar-refractivity contribution in [2.24, 2.45) is 0 Å². The van der Waals surface area contributed by atoms with Crippen molar-refractivity contribution >= 4 is 15.9 Å². The number of morpholine rings is 1. The highest BCUT2D eigenvalue weighted by atomic mass is 32.2. The minimum atomic E-state index is -3.51. The number of sulfonamides is 1. The minimum absolute atomic E-state index is 0.0562. The molecule has 0 atom stereocenters. The lowest BCUT2D eigenvalue weighted by molar-refractivity contribution is -0.120. The van der Waals surface area contributed by atoms with Crippen LogP contribution in [0.15, 0.2) is 47.4 Å². The fourth-order valence-electron chi connectivity index (χ4n) is 3.23. The monoisotopic (exact) mass is 432 g/mol. The first-order chi connectivity index (χ1) is 14.4. The number of nitrogens with zero attached hydrogens (tertiary/aromatic N) is 1. The molecule has 0 spiro atoms. The Bertz CT molecular complexity index is 968. The molecule has 1 saturated heterocycles. The van der Waals surface area contributed by atoms with Crippen molar-refractivity contribution in [3.8, 4) is 5.75 Å². The summed E-state index contributed by atoms with van der Waals surface area (Å²) in [5.41, 5.74) is 3.25. The Hall–Kier alpha value is -2.42. The molecule has 0 unspecified atom stereocenters. The molecule has 3 rings (SSSR count). The van der Waals surface area contributed by atoms with Gasteiger partial charge in [0.15, 0.2) is 0 Å². The highest BCUT2D eigenvalue weighted by molar-refractivity contribution is 7.89. The first-order valence-electron chi connectivity index (χ1n) is 10.00. The van der Waals surface area contributed by atoms with E-state index in [2.05, 4.69) is 5.32 Å². The van der Waals surface area contributed by atoms with Crippen molar-refractivity contribution in [1.29, 1.82) is 0 Å². The summed E-state index contributed by atoms with van der Waals surface area (Å²) < 4.78 is 37.5. The van der Waals surface area contributed by atoms with E-state index in [-0.39, 0.29) is 10.8 Å². The van der Waals surface area contributed by atoms with Gasteiger partial charge < -0.3 is 14.8 Å². The van der Waals surface area contributed by atoms with Gasteiger partial charge in [0.1, 0.15) is 12.4 Å². The Balaban J connectivity index is 1.45. The third kappa shape index (κ3) is 5.81. The van der Waals surface area contributed by atoms with E-state index in [0.717, 1.165) is 16.7 Å². The molecule has 7 nitrogen and oxygen atoms in total. The number of hydrogen-bond donors (Lipinski definition) is 1. The summed E-state index contributed by atoms with van der Waals surface area (Å²) in [6.45, 7) is 6.22. The fraction of sp³-hybridized carbons (Fsp3) is 0.409. The number of ether oxygens (including phenoxy) is 2. The number of carbonyl (C=O) groups excluding carboxylic acids is 1. The molecule has 1 fully saturated rings. The lowest BCUT2D eigenvalue weighted by Crippen LogP contribution is -2.40. The van der Waals surface area contributed by atoms with Gasteiger partial charge in [-0.1, -0.05) is 23.8 Å². The van der Waals surface area contributed by atoms with Crippen LogP contribution in [0.1, 0.15) is 16.7 Å². The van der Waals surface area contributed by atoms with E-state index in [9.17, 15) is 13.2 Å². The predicted molar refractivity (Wildman–Crippen MR) is 114 cm³/mol. The van der Waals surface area contributed by atoms with Gasteiger partial charge in [0.2, 0.25) is 15.9 Å². The highest BCUT2D eigenvalue weighted by Gasteiger charge is 2.26. The number of rotatable bonds is 8. The lowest BCUT2D eigenvalue weighted by atomic mass is 10.0. The third-order valence-corrected chi connectivity index (χ3v) is 6.89. The van der Waals surface area contributed by atoms with Gasteiger partial charge in [-0.15, -0.1) is 0 Å². The van der Waals surface area contributed by atoms with Gasteiger partial charge in [0.25, 0.3) is 0 Å². The molecule has 30 heavy (non-hydrogen) atoms. The van der Waals surface area contributed by atoms with Crippen molar-refractivity contribution in [2.75, 3.05) is 39.5 Å². The van der Waals surface area contributed by atoms with Crippen LogP contribution in [0.4, 0.5) is 0 Å². The molecule has 0 bridgehead atoms. The van der Waals surface area contributed by atoms with Crippen molar-refractivity contribution < 1.29 is 22.7 Å². The Labute approximate surface area is 178 Å². The van der Waals surface area contributed by atoms with Crippen LogP contribution in [-0.4, -0.2) is 58.1 Å². The first-order valence-corrected chi connectivity index (χ1v) is 11.4. The molecule has 1 amide bonds. The predicted octanol–water partition coefficient (Wildman–Crippen LogP) is 2.06. The molecule has 0 radical (unpaired) electrons. The summed E-state index contributed by atoms with van der Waals surface area (Å²) in [6.07, 6.45) is 0.335. The maximum atomic E-state index is 12.6. The van der Waals surface area contributed by atoms with E-state index < -0.39 is 10.0 Å². The molecule has 1 heterocycles. The zero-order chi connectivity index (χ0) is 21.6. The smallest absolute Gasteiger partial charge is 0.243 e. The molecule has 1 aliphatic rings. The van der Waals surface area contributed by atoms with Crippen LogP contribution in [0.3, 0.4) is 0 Å². The van der Waals surface area contributed by atoms with Gasteiger partial charge >= 0.3 is 0 Å². The van der Waals surface area contributed by atoms with Crippen molar-refractivity contribution in [2.45, 2.75) is 25.2 Å². The van der Waals surface area contributed by atoms with Gasteiger partial charge in [-0.3, -0.25) is 4.79 Å². The first kappa shape index (κ1) is 22.3. The third-order valence-electron chi connectivity index (χ3n) is 4.98. The molecule has 8 heteroatoms. The standard InChI is InChI=1S/C22H28N2O5S/c1-17-3-4-18(2)19(15-17)16-22(25)23-9-12-29-20-5-7-21(8-6-20)30(26,27)24-10-13-28-14-11-24/h3-8,15H,9-14,16H2,1-2H3,(H,23,25). The molecular formula is C22H28N2O5S. The van der Waals surface area contributed by atoms with Gasteiger partial charge in [-0.05, 0) is 49.2 Å². The summed E-state index contributed by atoms with van der Waals surface area (Å²) >= 11 is 0. The number of benzene rings is 2. The topological polar surface area (TPSA) is 84.9 Å². The van der Waals surface area contributed by atoms with E-state index in [1.165, 1.54) is 4.31 Å². The van der Waals surface area contributed by atoms with Crippen LogP contribution < -0.4 is 10.1 Å². The van der Waals surface area contributed by atoms with Crippen molar-refractivity contribution in [1.82, 2.24) is 9.62 Å². The summed E-state index contributed by atoms with van der Waals surface area (Å²) in [6, 6.07) is 12.4. The Morgan fingerprint density at radius 3 is 2.50 bits per heavy atom. The van der Waals surface area contributed by atoms with E-state index in [4.69, 9.17) is 9.47 Å².